The zero-order chi connectivity index (χ0) is 20.8. The summed E-state index contributed by atoms with van der Waals surface area (Å²) in [5, 5.41) is 8.85. The van der Waals surface area contributed by atoms with Gasteiger partial charge in [0.05, 0.1) is 21.8 Å². The Hall–Kier alpha value is -2.75. The molecular formula is C19H18F3N5OS. The molecule has 152 valence electrons. The standard InChI is InChI=1S/C19H18F3N5OS/c1-11-9-15(25-24-11)16-12(2)23-17(29-16)27-8-7-26(18(27)28)10-13-3-5-14(6-4-13)19(20,21)22/h3-6H,7-10H2,1-2H3. The molecule has 10 heteroatoms. The molecule has 1 aromatic heterocycles. The second kappa shape index (κ2) is 7.25. The quantitative estimate of drug-likeness (QED) is 0.731. The number of thiazole rings is 1. The molecule has 4 rings (SSSR count). The molecule has 0 spiro atoms. The van der Waals surface area contributed by atoms with Gasteiger partial charge in [-0.1, -0.05) is 23.5 Å². The minimum atomic E-state index is -4.37. The van der Waals surface area contributed by atoms with Gasteiger partial charge in [-0.2, -0.15) is 23.4 Å². The lowest BCUT2D eigenvalue weighted by atomic mass is 10.1. The number of hydrogen-bond donors (Lipinski definition) is 0. The van der Waals surface area contributed by atoms with Crippen LogP contribution in [0.5, 0.6) is 0 Å². The number of carbonyl (C=O) groups is 1. The van der Waals surface area contributed by atoms with Crippen LogP contribution in [0.1, 0.15) is 35.0 Å². The third-order valence-corrected chi connectivity index (χ3v) is 6.02. The normalized spacial score (nSPS) is 17.2. The molecular weight excluding hydrogens is 403 g/mol. The van der Waals surface area contributed by atoms with Crippen molar-refractivity contribution in [3.63, 3.8) is 0 Å². The Balaban J connectivity index is 1.45. The highest BCUT2D eigenvalue weighted by molar-refractivity contribution is 7.18. The average Bonchev–Trinajstić information content (AvgIpc) is 3.34. The average molecular weight is 421 g/mol. The smallest absolute Gasteiger partial charge is 0.318 e. The molecule has 2 amide bonds. The highest BCUT2D eigenvalue weighted by Crippen LogP contribution is 2.32. The van der Waals surface area contributed by atoms with Crippen LogP contribution >= 0.6 is 11.3 Å². The predicted molar refractivity (Wildman–Crippen MR) is 106 cm³/mol. The van der Waals surface area contributed by atoms with Crippen LogP contribution in [-0.4, -0.2) is 40.4 Å². The monoisotopic (exact) mass is 421 g/mol. The molecule has 2 aliphatic rings. The van der Waals surface area contributed by atoms with Gasteiger partial charge < -0.3 is 4.90 Å². The Bertz CT molecular complexity index is 1010. The zero-order valence-corrected chi connectivity index (χ0v) is 16.6. The van der Waals surface area contributed by atoms with Crippen molar-refractivity contribution in [2.45, 2.75) is 33.0 Å². The van der Waals surface area contributed by atoms with Crippen LogP contribution in [0.2, 0.25) is 0 Å². The Morgan fingerprint density at radius 3 is 2.45 bits per heavy atom. The van der Waals surface area contributed by atoms with Crippen molar-refractivity contribution >= 4 is 33.9 Å². The zero-order valence-electron chi connectivity index (χ0n) is 15.8. The molecule has 0 saturated carbocycles. The van der Waals surface area contributed by atoms with Crippen LogP contribution < -0.4 is 4.90 Å². The van der Waals surface area contributed by atoms with Crippen molar-refractivity contribution in [2.75, 3.05) is 18.0 Å². The number of aromatic nitrogens is 1. The van der Waals surface area contributed by atoms with E-state index in [-0.39, 0.29) is 12.6 Å². The first-order valence-electron chi connectivity index (χ1n) is 9.03. The number of hydrogen-bond acceptors (Lipinski definition) is 5. The van der Waals surface area contributed by atoms with E-state index in [1.165, 1.54) is 23.5 Å². The Morgan fingerprint density at radius 2 is 1.83 bits per heavy atom. The molecule has 1 aromatic carbocycles. The molecule has 0 N–H and O–H groups in total. The van der Waals surface area contributed by atoms with E-state index in [1.54, 1.807) is 9.80 Å². The second-order valence-corrected chi connectivity index (χ2v) is 8.00. The van der Waals surface area contributed by atoms with E-state index in [4.69, 9.17) is 0 Å². The minimum Gasteiger partial charge on any atom is -0.318 e. The third kappa shape index (κ3) is 3.89. The van der Waals surface area contributed by atoms with Gasteiger partial charge in [-0.05, 0) is 31.5 Å². The van der Waals surface area contributed by atoms with Gasteiger partial charge in [-0.3, -0.25) is 4.90 Å². The first-order chi connectivity index (χ1) is 13.7. The molecule has 2 aromatic rings. The molecule has 29 heavy (non-hydrogen) atoms. The van der Waals surface area contributed by atoms with Crippen LogP contribution in [0.4, 0.5) is 23.1 Å². The van der Waals surface area contributed by atoms with Crippen molar-refractivity contribution in [3.05, 3.63) is 46.0 Å². The van der Waals surface area contributed by atoms with Crippen LogP contribution in [-0.2, 0) is 12.7 Å². The van der Waals surface area contributed by atoms with Crippen molar-refractivity contribution in [3.8, 4) is 0 Å². The fourth-order valence-corrected chi connectivity index (χ4v) is 4.35. The van der Waals surface area contributed by atoms with Gasteiger partial charge in [0.1, 0.15) is 0 Å². The summed E-state index contributed by atoms with van der Waals surface area (Å²) in [5.41, 5.74) is 2.56. The van der Waals surface area contributed by atoms with Gasteiger partial charge >= 0.3 is 12.2 Å². The summed E-state index contributed by atoms with van der Waals surface area (Å²) >= 11 is 1.41. The topological polar surface area (TPSA) is 61.2 Å². The lowest BCUT2D eigenvalue weighted by Gasteiger charge is -2.17. The lowest BCUT2D eigenvalue weighted by molar-refractivity contribution is -0.137. The maximum Gasteiger partial charge on any atom is 0.416 e. The number of carbonyl (C=O) groups excluding carboxylic acids is 1. The SMILES string of the molecule is CC1=NN=C(c2sc(N3CCN(Cc4ccc(C(F)(F)F)cc4)C3=O)nc2C)C1. The van der Waals surface area contributed by atoms with E-state index in [0.717, 1.165) is 34.1 Å². The molecule has 3 heterocycles. The fraction of sp³-hybridized carbons (Fsp3) is 0.368. The number of urea groups is 1. The summed E-state index contributed by atoms with van der Waals surface area (Å²) in [4.78, 5) is 21.5. The molecule has 0 atom stereocenters. The van der Waals surface area contributed by atoms with Crippen LogP contribution in [0.3, 0.4) is 0 Å². The van der Waals surface area contributed by atoms with Crippen molar-refractivity contribution in [2.24, 2.45) is 10.2 Å². The molecule has 6 nitrogen and oxygen atoms in total. The molecule has 1 fully saturated rings. The van der Waals surface area contributed by atoms with E-state index >= 15 is 0 Å². The summed E-state index contributed by atoms with van der Waals surface area (Å²) < 4.78 is 38.1. The number of nitrogens with zero attached hydrogens (tertiary/aromatic N) is 5. The first-order valence-corrected chi connectivity index (χ1v) is 9.84. The number of benzene rings is 1. The van der Waals surface area contributed by atoms with Crippen molar-refractivity contribution < 1.29 is 18.0 Å². The van der Waals surface area contributed by atoms with Crippen LogP contribution in [0.25, 0.3) is 0 Å². The summed E-state index contributed by atoms with van der Waals surface area (Å²) in [6.07, 6.45) is -3.69. The van der Waals surface area contributed by atoms with Crippen LogP contribution in [0, 0.1) is 6.92 Å². The van der Waals surface area contributed by atoms with E-state index in [0.29, 0.717) is 30.2 Å². The van der Waals surface area contributed by atoms with Crippen LogP contribution in [0.15, 0.2) is 34.5 Å². The number of rotatable bonds is 4. The molecule has 0 bridgehead atoms. The Kier molecular flexibility index (Phi) is 4.89. The van der Waals surface area contributed by atoms with Crippen molar-refractivity contribution in [1.29, 1.82) is 0 Å². The maximum atomic E-state index is 12.8. The van der Waals surface area contributed by atoms with Crippen molar-refractivity contribution in [1.82, 2.24) is 9.88 Å². The van der Waals surface area contributed by atoms with E-state index < -0.39 is 11.7 Å². The molecule has 0 radical (unpaired) electrons. The molecule has 1 saturated heterocycles. The number of amides is 2. The summed E-state index contributed by atoms with van der Waals surface area (Å²) in [5.74, 6) is 0. The number of anilines is 1. The highest BCUT2D eigenvalue weighted by Gasteiger charge is 2.33. The predicted octanol–water partition coefficient (Wildman–Crippen LogP) is 4.48. The van der Waals surface area contributed by atoms with Gasteiger partial charge in [0.15, 0.2) is 5.13 Å². The molecule has 2 aliphatic heterocycles. The number of halogens is 3. The number of aryl methyl sites for hydroxylation is 1. The van der Waals surface area contributed by atoms with Gasteiger partial charge in [-0.25, -0.2) is 9.78 Å². The highest BCUT2D eigenvalue weighted by atomic mass is 32.1. The first kappa shape index (κ1) is 19.6. The van der Waals surface area contributed by atoms with E-state index in [2.05, 4.69) is 15.2 Å². The Morgan fingerprint density at radius 1 is 1.10 bits per heavy atom. The molecule has 0 aliphatic carbocycles. The third-order valence-electron chi connectivity index (χ3n) is 4.79. The summed E-state index contributed by atoms with van der Waals surface area (Å²) in [6.45, 7) is 5.01. The lowest BCUT2D eigenvalue weighted by Crippen LogP contribution is -2.31. The second-order valence-electron chi connectivity index (χ2n) is 7.02. The summed E-state index contributed by atoms with van der Waals surface area (Å²) in [7, 11) is 0. The molecule has 0 unspecified atom stereocenters. The largest absolute Gasteiger partial charge is 0.416 e. The van der Waals surface area contributed by atoms with Gasteiger partial charge in [0, 0.05) is 31.8 Å². The van der Waals surface area contributed by atoms with Gasteiger partial charge in [0.25, 0.3) is 0 Å². The fourth-order valence-electron chi connectivity index (χ4n) is 3.28. The van der Waals surface area contributed by atoms with Gasteiger partial charge in [0.2, 0.25) is 0 Å². The van der Waals surface area contributed by atoms with Gasteiger partial charge in [-0.15, -0.1) is 0 Å². The number of alkyl halides is 3. The summed E-state index contributed by atoms with van der Waals surface area (Å²) in [6, 6.07) is 4.69. The van der Waals surface area contributed by atoms with E-state index in [9.17, 15) is 18.0 Å². The van der Waals surface area contributed by atoms with E-state index in [1.807, 2.05) is 13.8 Å². The maximum absolute atomic E-state index is 12.8. The minimum absolute atomic E-state index is 0.203. The Labute approximate surface area is 169 Å².